The quantitative estimate of drug-likeness (QED) is 0.154. The smallest absolute Gasteiger partial charge is 0.228 e. The summed E-state index contributed by atoms with van der Waals surface area (Å²) in [5, 5.41) is 0. The molecular weight excluding hydrogens is 925 g/mol. The predicted octanol–water partition coefficient (Wildman–Crippen LogP) is 10.5. The summed E-state index contributed by atoms with van der Waals surface area (Å²) in [4.78, 5) is 84.3. The van der Waals surface area contributed by atoms with Crippen LogP contribution in [0.15, 0.2) is 109 Å². The molecule has 0 saturated carbocycles. The van der Waals surface area contributed by atoms with Crippen LogP contribution in [0.3, 0.4) is 0 Å². The molecule has 0 N–H and O–H groups in total. The summed E-state index contributed by atoms with van der Waals surface area (Å²) in [6.07, 6.45) is 0. The Morgan fingerprint density at radius 2 is 0.417 bits per heavy atom. The first-order chi connectivity index (χ1) is 34.4. The van der Waals surface area contributed by atoms with Gasteiger partial charge in [0.2, 0.25) is 35.4 Å². The van der Waals surface area contributed by atoms with Gasteiger partial charge in [-0.3, -0.25) is 56.2 Å². The zero-order chi connectivity index (χ0) is 52.3. The van der Waals surface area contributed by atoms with Crippen molar-refractivity contribution in [3.8, 4) is 34.5 Å². The minimum atomic E-state index is -0.467. The highest BCUT2D eigenvalue weighted by Gasteiger charge is 2.20. The topological polar surface area (TPSA) is 187 Å². The summed E-state index contributed by atoms with van der Waals surface area (Å²) in [5.41, 5.74) is 2.94. The second kappa shape index (κ2) is 20.9. The van der Waals surface area contributed by atoms with E-state index in [0.717, 1.165) is 0 Å². The van der Waals surface area contributed by atoms with E-state index in [0.29, 0.717) is 33.1 Å². The zero-order valence-corrected chi connectivity index (χ0v) is 42.0. The number of nitrogens with zero attached hydrogens (tertiary/aromatic N) is 6. The van der Waals surface area contributed by atoms with E-state index in [4.69, 9.17) is 28.4 Å². The van der Waals surface area contributed by atoms with Crippen LogP contribution in [0.1, 0.15) is 70.3 Å². The number of aromatic nitrogens is 6. The van der Waals surface area contributed by atoms with Crippen molar-refractivity contribution in [3.63, 3.8) is 0 Å². The number of hydrogen-bond acceptors (Lipinski definition) is 12. The fourth-order valence-electron chi connectivity index (χ4n) is 8.90. The van der Waals surface area contributed by atoms with Crippen molar-refractivity contribution in [2.24, 2.45) is 0 Å². The fourth-order valence-corrected chi connectivity index (χ4v) is 8.90. The van der Waals surface area contributed by atoms with Crippen molar-refractivity contribution in [1.29, 1.82) is 0 Å². The Kier molecular flexibility index (Phi) is 14.7. The van der Waals surface area contributed by atoms with Crippen molar-refractivity contribution < 1.29 is 57.2 Å². The highest BCUT2D eigenvalue weighted by Crippen LogP contribution is 2.36. The average Bonchev–Trinajstić information content (AvgIpc) is 3.34. The van der Waals surface area contributed by atoms with Crippen molar-refractivity contribution in [2.45, 2.75) is 41.5 Å². The second-order valence-corrected chi connectivity index (χ2v) is 16.3. The summed E-state index contributed by atoms with van der Waals surface area (Å²) in [5.74, 6) is -1.65. The first-order valence-electron chi connectivity index (χ1n) is 22.4. The molecule has 12 bridgehead atoms. The molecular formula is C54H54N6O12. The van der Waals surface area contributed by atoms with Crippen molar-refractivity contribution >= 4 is 102 Å². The van der Waals surface area contributed by atoms with Gasteiger partial charge in [0.15, 0.2) is 0 Å². The lowest BCUT2D eigenvalue weighted by atomic mass is 10.2. The van der Waals surface area contributed by atoms with Crippen LogP contribution in [0.2, 0.25) is 0 Å². The molecule has 0 radical (unpaired) electrons. The molecule has 0 amide bonds. The monoisotopic (exact) mass is 978 g/mol. The largest absolute Gasteiger partial charge is 0.494 e. The number of ether oxygens (including phenoxy) is 6. The minimum Gasteiger partial charge on any atom is -0.494 e. The van der Waals surface area contributed by atoms with Gasteiger partial charge in [-0.15, -0.1) is 0 Å². The molecule has 7 aromatic rings. The second-order valence-electron chi connectivity index (χ2n) is 16.3. The summed E-state index contributed by atoms with van der Waals surface area (Å²) >= 11 is 0. The van der Waals surface area contributed by atoms with Crippen LogP contribution in [0.5, 0.6) is 34.5 Å². The Balaban J connectivity index is 1.95. The molecule has 6 aromatic carbocycles. The van der Waals surface area contributed by atoms with Crippen molar-refractivity contribution in [1.82, 2.24) is 27.4 Å². The zero-order valence-electron chi connectivity index (χ0n) is 42.0. The highest BCUT2D eigenvalue weighted by atomic mass is 16.5. The van der Waals surface area contributed by atoms with Crippen LogP contribution in [0, 0.1) is 0 Å². The van der Waals surface area contributed by atoms with Crippen LogP contribution >= 0.6 is 0 Å². The molecule has 0 aliphatic heterocycles. The molecule has 18 heteroatoms. The number of benzene rings is 6. The summed E-state index contributed by atoms with van der Waals surface area (Å²) < 4.78 is 43.5. The SMILES string of the molecule is COc1cc(OC)c2cc1n(C(C)=O)c1cccc(c1)n(C(C)=O)c1cc(c(OC)cc1OC)n(C(C)=O)c1cccc(c1)n(C(C)=O)c1cc(c(OC)cc1OC)n(C(C)=O)c1cccc(c1)n2C(C)=O. The number of methoxy groups -OCH3 is 6. The van der Waals surface area contributed by atoms with Gasteiger partial charge >= 0.3 is 0 Å². The Labute approximate surface area is 412 Å². The van der Waals surface area contributed by atoms with E-state index in [1.807, 2.05) is 0 Å². The highest BCUT2D eigenvalue weighted by molar-refractivity contribution is 6.00. The van der Waals surface area contributed by atoms with Crippen molar-refractivity contribution in [2.75, 3.05) is 42.7 Å². The molecule has 372 valence electrons. The lowest BCUT2D eigenvalue weighted by molar-refractivity contribution is 0.0935. The normalized spacial score (nSPS) is 10.8. The number of rotatable bonds is 6. The Hall–Kier alpha value is -9.06. The number of fused-ring (bicyclic) bond motifs is 12. The van der Waals surface area contributed by atoms with E-state index in [2.05, 4.69) is 0 Å². The average molecular weight is 979 g/mol. The summed E-state index contributed by atoms with van der Waals surface area (Å²) in [6, 6.07) is 29.2. The number of carbonyl (C=O) groups is 6. The molecule has 72 heavy (non-hydrogen) atoms. The molecule has 0 aliphatic rings. The van der Waals surface area contributed by atoms with Crippen LogP contribution in [0.25, 0.3) is 66.2 Å². The molecule has 18 nitrogen and oxygen atoms in total. The van der Waals surface area contributed by atoms with E-state index >= 15 is 0 Å². The molecule has 0 unspecified atom stereocenters. The Morgan fingerprint density at radius 3 is 0.542 bits per heavy atom. The first kappa shape index (κ1) is 50.8. The van der Waals surface area contributed by atoms with Gasteiger partial charge in [-0.1, -0.05) is 18.2 Å². The molecule has 1 aromatic heterocycles. The van der Waals surface area contributed by atoms with E-state index in [1.54, 1.807) is 109 Å². The van der Waals surface area contributed by atoms with Gasteiger partial charge in [0, 0.05) is 59.7 Å². The lowest BCUT2D eigenvalue weighted by Gasteiger charge is -2.17. The fraction of sp³-hybridized carbons (Fsp3) is 0.222. The van der Waals surface area contributed by atoms with E-state index < -0.39 is 35.4 Å². The van der Waals surface area contributed by atoms with E-state index in [-0.39, 0.29) is 67.6 Å². The third-order valence-electron chi connectivity index (χ3n) is 11.8. The molecule has 0 atom stereocenters. The third kappa shape index (κ3) is 9.36. The maximum Gasteiger partial charge on any atom is 0.228 e. The van der Waals surface area contributed by atoms with Crippen LogP contribution < -0.4 is 28.4 Å². The molecule has 7 rings (SSSR count). The van der Waals surface area contributed by atoms with Gasteiger partial charge in [0.1, 0.15) is 34.5 Å². The molecule has 1 heterocycles. The maximum atomic E-state index is 14.1. The maximum absolute atomic E-state index is 14.1. The minimum absolute atomic E-state index is 0.193. The molecule has 0 spiro atoms. The van der Waals surface area contributed by atoms with Gasteiger partial charge in [-0.25, -0.2) is 0 Å². The summed E-state index contributed by atoms with van der Waals surface area (Å²) in [6.45, 7) is 8.14. The predicted molar refractivity (Wildman–Crippen MR) is 276 cm³/mol. The van der Waals surface area contributed by atoms with Gasteiger partial charge in [-0.05, 0) is 72.8 Å². The van der Waals surface area contributed by atoms with Crippen LogP contribution in [-0.2, 0) is 0 Å². The van der Waals surface area contributed by atoms with Crippen molar-refractivity contribution in [3.05, 3.63) is 109 Å². The first-order valence-corrected chi connectivity index (χ1v) is 22.4. The van der Waals surface area contributed by atoms with Crippen LogP contribution in [-0.4, -0.2) is 106 Å². The Bertz CT molecular complexity index is 3160. The van der Waals surface area contributed by atoms with Gasteiger partial charge in [-0.2, -0.15) is 0 Å². The lowest BCUT2D eigenvalue weighted by Crippen LogP contribution is -2.13. The standard InChI is InChI=1S/C54H54N6O12/c1-31(61)55-37-16-13-17-38(22-37)56(32(2)62)45-26-46(52(70-10)29-51(45)69-9)59(35(5)65)41-20-15-21-42(24-41)60(36(6)66)48-27-47(53(71-11)30-54(48)72-12)58(34(4)64)40-19-14-18-39(23-40)57(33(3)63)44-25-43(55)49(67-7)28-50(44)68-8/h13-30H,1-12H3. The molecule has 0 fully saturated rings. The van der Waals surface area contributed by atoms with Gasteiger partial charge in [0.25, 0.3) is 0 Å². The third-order valence-corrected chi connectivity index (χ3v) is 11.8. The van der Waals surface area contributed by atoms with Crippen LogP contribution in [0.4, 0.5) is 0 Å². The van der Waals surface area contributed by atoms with E-state index in [1.165, 1.54) is 112 Å². The van der Waals surface area contributed by atoms with Gasteiger partial charge in [0.05, 0.1) is 109 Å². The Morgan fingerprint density at radius 1 is 0.264 bits per heavy atom. The van der Waals surface area contributed by atoms with E-state index in [9.17, 15) is 28.8 Å². The number of hydrogen-bond donors (Lipinski definition) is 0. The molecule has 0 saturated heterocycles. The number of carbonyl (C=O) groups excluding carboxylic acids is 6. The molecule has 0 aliphatic carbocycles. The van der Waals surface area contributed by atoms with Gasteiger partial charge < -0.3 is 28.4 Å². The summed E-state index contributed by atoms with van der Waals surface area (Å²) in [7, 11) is 8.55.